The molecule has 0 aliphatic carbocycles. The molecule has 0 aliphatic rings. The van der Waals surface area contributed by atoms with E-state index in [-0.39, 0.29) is 0 Å². The maximum absolute atomic E-state index is 4.40. The first-order chi connectivity index (χ1) is 4.54. The van der Waals surface area contributed by atoms with Crippen LogP contribution < -0.4 is 0 Å². The Balaban J connectivity index is 3.66. The fourth-order valence-electron chi connectivity index (χ4n) is 0.480. The van der Waals surface area contributed by atoms with E-state index in [1.54, 1.807) is 0 Å². The summed E-state index contributed by atoms with van der Waals surface area (Å²) in [5.74, 6) is 1.25. The average Bonchev–Trinajstić information content (AvgIpc) is 1.82. The molecule has 0 saturated heterocycles. The first kappa shape index (κ1) is 10.3. The number of aliphatic imine (C=N–C) groups is 1. The van der Waals surface area contributed by atoms with Crippen LogP contribution in [0.2, 0.25) is 0 Å². The molecule has 54 valence electrons. The van der Waals surface area contributed by atoms with Gasteiger partial charge in [0.15, 0.2) is 0 Å². The first-order valence-corrected chi connectivity index (χ1v) is 4.07. The van der Waals surface area contributed by atoms with Gasteiger partial charge in [0.05, 0.1) is 0 Å². The van der Waals surface area contributed by atoms with E-state index in [4.69, 9.17) is 0 Å². The van der Waals surface area contributed by atoms with Gasteiger partial charge in [-0.25, -0.2) is 0 Å². The van der Waals surface area contributed by atoms with Gasteiger partial charge in [-0.3, -0.25) is 0 Å². The Morgan fingerprint density at radius 3 is 2.00 bits per heavy atom. The van der Waals surface area contributed by atoms with Gasteiger partial charge in [0.25, 0.3) is 0 Å². The van der Waals surface area contributed by atoms with E-state index in [1.807, 2.05) is 6.21 Å². The summed E-state index contributed by atoms with van der Waals surface area (Å²) in [5.41, 5.74) is 0. The van der Waals surface area contributed by atoms with Gasteiger partial charge in [-0.1, -0.05) is 0 Å². The second-order valence-corrected chi connectivity index (χ2v) is 3.53. The van der Waals surface area contributed by atoms with E-state index < -0.39 is 0 Å². The van der Waals surface area contributed by atoms with Gasteiger partial charge in [-0.05, 0) is 0 Å². The molecular weight excluding hydrogens is 117 g/mol. The number of hydrogen-bond donors (Lipinski definition) is 0. The molecule has 0 rings (SSSR count). The van der Waals surface area contributed by atoms with Crippen LogP contribution in [0.3, 0.4) is 0 Å². The molecule has 0 aromatic carbocycles. The molecule has 1 unspecified atom stereocenters. The van der Waals surface area contributed by atoms with Crippen LogP contribution in [0.4, 0.5) is 0 Å². The van der Waals surface area contributed by atoms with Gasteiger partial charge in [-0.15, -0.1) is 0 Å². The van der Waals surface area contributed by atoms with Gasteiger partial charge in [0, 0.05) is 0 Å². The van der Waals surface area contributed by atoms with Crippen molar-refractivity contribution in [1.82, 2.24) is 0 Å². The zero-order valence-electron chi connectivity index (χ0n) is 7.76. The summed E-state index contributed by atoms with van der Waals surface area (Å²) in [6.45, 7) is 8.69. The van der Waals surface area contributed by atoms with E-state index >= 15 is 0 Å². The number of nitrogens with zero attached hydrogens (tertiary/aromatic N) is 1. The van der Waals surface area contributed by atoms with Crippen molar-refractivity contribution < 1.29 is 0 Å². The maximum atomic E-state index is 4.40. The summed E-state index contributed by atoms with van der Waals surface area (Å²) < 4.78 is 0.474. The van der Waals surface area contributed by atoms with Crippen molar-refractivity contribution in [3.05, 3.63) is 0 Å². The van der Waals surface area contributed by atoms with Crippen LogP contribution >= 0.6 is 0 Å². The van der Waals surface area contributed by atoms with Gasteiger partial charge in [-0.2, -0.15) is 0 Å². The Morgan fingerprint density at radius 1 is 1.20 bits per heavy atom. The number of rotatable bonds is 3. The standard InChI is InChI=1S/C8H16N.Li/c1-7(2)5-9-6-8(3)4;/h5-8H,1-4H3;. The minimum absolute atomic E-state index is 0.474. The van der Waals surface area contributed by atoms with Crippen molar-refractivity contribution in [1.29, 1.82) is 0 Å². The van der Waals surface area contributed by atoms with Gasteiger partial charge in [0.2, 0.25) is 0 Å². The molecule has 0 heterocycles. The van der Waals surface area contributed by atoms with Crippen LogP contribution in [0, 0.1) is 11.8 Å². The third-order valence-electron chi connectivity index (χ3n) is 1.58. The topological polar surface area (TPSA) is 12.4 Å². The molecule has 0 N–H and O–H groups in total. The van der Waals surface area contributed by atoms with Crippen LogP contribution in [0.1, 0.15) is 27.7 Å². The van der Waals surface area contributed by atoms with Gasteiger partial charge < -0.3 is 0 Å². The van der Waals surface area contributed by atoms with Crippen LogP contribution in [0.5, 0.6) is 0 Å². The van der Waals surface area contributed by atoms with Crippen molar-refractivity contribution >= 4 is 23.9 Å². The molecule has 1 nitrogen and oxygen atoms in total. The minimum atomic E-state index is 0.474. The molecule has 10 heavy (non-hydrogen) atoms. The van der Waals surface area contributed by atoms with Crippen LogP contribution in [-0.4, -0.2) is 28.6 Å². The zero-order valence-corrected chi connectivity index (χ0v) is 7.76. The van der Waals surface area contributed by atoms with E-state index in [9.17, 15) is 0 Å². The monoisotopic (exact) mass is 133 g/mol. The van der Waals surface area contributed by atoms with E-state index in [0.29, 0.717) is 16.6 Å². The molecule has 0 aromatic heterocycles. The Hall–Kier alpha value is 0.267. The molecule has 0 aliphatic heterocycles. The third-order valence-corrected chi connectivity index (χ3v) is 1.58. The fraction of sp³-hybridized carbons (Fsp3) is 0.875. The van der Waals surface area contributed by atoms with Gasteiger partial charge >= 0.3 is 73.2 Å². The average molecular weight is 133 g/mol. The Labute approximate surface area is 73.5 Å². The van der Waals surface area contributed by atoms with Crippen LogP contribution in [0.25, 0.3) is 0 Å². The molecule has 0 saturated carbocycles. The number of hydrogen-bond acceptors (Lipinski definition) is 1. The Kier molecular flexibility index (Phi) is 5.12. The van der Waals surface area contributed by atoms with Crippen LogP contribution in [-0.2, 0) is 0 Å². The van der Waals surface area contributed by atoms with E-state index in [2.05, 4.69) is 50.4 Å². The van der Waals surface area contributed by atoms with Crippen molar-refractivity contribution in [3.8, 4) is 0 Å². The Bertz CT molecular complexity index is 108. The summed E-state index contributed by atoms with van der Waals surface area (Å²) in [7, 11) is 0. The molecule has 0 bridgehead atoms. The summed E-state index contributed by atoms with van der Waals surface area (Å²) in [6, 6.07) is 0. The third kappa shape index (κ3) is 5.08. The second kappa shape index (κ2) is 4.99. The molecular formula is C8H16LiN. The van der Waals surface area contributed by atoms with E-state index in [1.165, 1.54) is 0 Å². The molecule has 2 heteroatoms. The predicted molar refractivity (Wildman–Crippen MR) is 47.7 cm³/mol. The molecule has 0 amide bonds. The molecule has 1 atom stereocenters. The summed E-state index contributed by atoms with van der Waals surface area (Å²) in [6.07, 6.45) is 2.03. The normalized spacial score (nSPS) is 15.6. The quantitative estimate of drug-likeness (QED) is 0.411. The molecule has 0 fully saturated rings. The van der Waals surface area contributed by atoms with E-state index in [0.717, 1.165) is 0 Å². The molecule has 0 spiro atoms. The predicted octanol–water partition coefficient (Wildman–Crippen LogP) is 1.86. The van der Waals surface area contributed by atoms with Crippen LogP contribution in [0.15, 0.2) is 4.99 Å². The first-order valence-electron chi connectivity index (χ1n) is 4.07. The van der Waals surface area contributed by atoms with Crippen molar-refractivity contribution in [2.45, 2.75) is 32.4 Å². The summed E-state index contributed by atoms with van der Waals surface area (Å²) in [4.78, 5) is 4.40. The fourth-order valence-corrected chi connectivity index (χ4v) is 0.480. The second-order valence-electron chi connectivity index (χ2n) is 3.53. The zero-order chi connectivity index (χ0) is 8.15. The summed E-state index contributed by atoms with van der Waals surface area (Å²) >= 11 is 2.16. The van der Waals surface area contributed by atoms with Crippen molar-refractivity contribution in [2.24, 2.45) is 16.8 Å². The van der Waals surface area contributed by atoms with Crippen molar-refractivity contribution in [3.63, 3.8) is 0 Å². The Morgan fingerprint density at radius 2 is 1.70 bits per heavy atom. The van der Waals surface area contributed by atoms with Gasteiger partial charge in [0.1, 0.15) is 0 Å². The molecule has 0 aromatic rings. The SMILES string of the molecule is [Li][CH](N=CC(C)C)C(C)C. The molecule has 0 radical (unpaired) electrons. The summed E-state index contributed by atoms with van der Waals surface area (Å²) in [5, 5.41) is 0. The van der Waals surface area contributed by atoms with Crippen molar-refractivity contribution in [2.75, 3.05) is 0 Å².